The van der Waals surface area contributed by atoms with E-state index < -0.39 is 5.54 Å². The van der Waals surface area contributed by atoms with Gasteiger partial charge in [0.15, 0.2) is 0 Å². The van der Waals surface area contributed by atoms with Crippen LogP contribution in [0.15, 0.2) is 30.5 Å². The Morgan fingerprint density at radius 1 is 1.28 bits per heavy atom. The van der Waals surface area contributed by atoms with Gasteiger partial charge < -0.3 is 10.2 Å². The van der Waals surface area contributed by atoms with Gasteiger partial charge in [0.2, 0.25) is 5.91 Å². The number of fused-ring (bicyclic) bond motifs is 1. The van der Waals surface area contributed by atoms with E-state index in [1.165, 1.54) is 23.8 Å². The van der Waals surface area contributed by atoms with Crippen LogP contribution < -0.4 is 5.32 Å². The van der Waals surface area contributed by atoms with Crippen LogP contribution in [0.1, 0.15) is 50.8 Å². The molecule has 0 bridgehead atoms. The van der Waals surface area contributed by atoms with Gasteiger partial charge in [-0.15, -0.1) is 0 Å². The smallest absolute Gasteiger partial charge is 0.222 e. The zero-order valence-electron chi connectivity index (χ0n) is 15.8. The van der Waals surface area contributed by atoms with E-state index in [0.29, 0.717) is 12.5 Å². The van der Waals surface area contributed by atoms with Crippen LogP contribution in [0.3, 0.4) is 0 Å². The zero-order valence-corrected chi connectivity index (χ0v) is 15.8. The third kappa shape index (κ3) is 3.84. The number of aryl methyl sites for hydroxylation is 1. The Labute approximate surface area is 150 Å². The average Bonchev–Trinajstić information content (AvgIpc) is 2.56. The number of hydrogen-bond donors (Lipinski definition) is 1. The molecular formula is C21H29N3O. The van der Waals surface area contributed by atoms with E-state index in [1.54, 1.807) is 0 Å². The number of carbonyl (C=O) groups excluding carboxylic acids is 1. The van der Waals surface area contributed by atoms with Gasteiger partial charge in [0, 0.05) is 24.0 Å². The van der Waals surface area contributed by atoms with Crippen molar-refractivity contribution in [2.75, 3.05) is 13.6 Å². The molecule has 1 saturated heterocycles. The van der Waals surface area contributed by atoms with Crippen LogP contribution in [0, 0.1) is 6.92 Å². The third-order valence-corrected chi connectivity index (χ3v) is 5.41. The Hall–Kier alpha value is -1.94. The van der Waals surface area contributed by atoms with Gasteiger partial charge in [-0.05, 0) is 64.2 Å². The SMILES string of the molecule is Cc1cccc2c(C(C)(C)NC(=O)C[C@H]3CCCCN3C)nccc12. The Morgan fingerprint density at radius 2 is 2.08 bits per heavy atom. The van der Waals surface area contributed by atoms with Crippen LogP contribution in [-0.2, 0) is 10.3 Å². The Kier molecular flexibility index (Phi) is 5.09. The summed E-state index contributed by atoms with van der Waals surface area (Å²) in [5, 5.41) is 5.53. The lowest BCUT2D eigenvalue weighted by molar-refractivity contribution is -0.124. The molecule has 1 amide bonds. The number of aromatic nitrogens is 1. The van der Waals surface area contributed by atoms with Crippen molar-refractivity contribution in [2.24, 2.45) is 0 Å². The summed E-state index contributed by atoms with van der Waals surface area (Å²) in [5.41, 5.74) is 1.66. The number of likely N-dealkylation sites (tertiary alicyclic amines) is 1. The van der Waals surface area contributed by atoms with E-state index in [0.717, 1.165) is 24.0 Å². The van der Waals surface area contributed by atoms with Crippen LogP contribution >= 0.6 is 0 Å². The van der Waals surface area contributed by atoms with Crippen molar-refractivity contribution in [3.05, 3.63) is 41.7 Å². The predicted molar refractivity (Wildman–Crippen MR) is 103 cm³/mol. The number of benzene rings is 1. The first-order valence-electron chi connectivity index (χ1n) is 9.24. The molecule has 1 fully saturated rings. The van der Waals surface area contributed by atoms with E-state index in [2.05, 4.69) is 47.4 Å². The summed E-state index contributed by atoms with van der Waals surface area (Å²) < 4.78 is 0. The van der Waals surface area contributed by atoms with Crippen molar-refractivity contribution < 1.29 is 4.79 Å². The van der Waals surface area contributed by atoms with Gasteiger partial charge in [0.25, 0.3) is 0 Å². The molecule has 25 heavy (non-hydrogen) atoms. The first-order valence-corrected chi connectivity index (χ1v) is 9.24. The molecule has 1 aliphatic rings. The molecule has 4 nitrogen and oxygen atoms in total. The largest absolute Gasteiger partial charge is 0.346 e. The first kappa shape index (κ1) is 17.9. The van der Waals surface area contributed by atoms with Crippen molar-refractivity contribution in [1.82, 2.24) is 15.2 Å². The minimum Gasteiger partial charge on any atom is -0.346 e. The van der Waals surface area contributed by atoms with Crippen molar-refractivity contribution in [3.8, 4) is 0 Å². The molecule has 0 spiro atoms. The maximum Gasteiger partial charge on any atom is 0.222 e. The van der Waals surface area contributed by atoms with Gasteiger partial charge in [-0.1, -0.05) is 24.6 Å². The van der Waals surface area contributed by atoms with E-state index in [9.17, 15) is 4.79 Å². The number of hydrogen-bond acceptors (Lipinski definition) is 3. The number of pyridine rings is 1. The molecule has 1 aromatic carbocycles. The summed E-state index contributed by atoms with van der Waals surface area (Å²) in [6.45, 7) is 7.28. The highest BCUT2D eigenvalue weighted by atomic mass is 16.1. The topological polar surface area (TPSA) is 45.2 Å². The summed E-state index contributed by atoms with van der Waals surface area (Å²) in [4.78, 5) is 19.6. The van der Waals surface area contributed by atoms with Crippen molar-refractivity contribution in [1.29, 1.82) is 0 Å². The zero-order chi connectivity index (χ0) is 18.0. The van der Waals surface area contributed by atoms with Crippen LogP contribution in [0.2, 0.25) is 0 Å². The monoisotopic (exact) mass is 339 g/mol. The van der Waals surface area contributed by atoms with Gasteiger partial charge in [-0.3, -0.25) is 9.78 Å². The normalized spacial score (nSPS) is 19.1. The fraction of sp³-hybridized carbons (Fsp3) is 0.524. The average molecular weight is 339 g/mol. The lowest BCUT2D eigenvalue weighted by atomic mass is 9.92. The number of amides is 1. The maximum absolute atomic E-state index is 12.7. The van der Waals surface area contributed by atoms with E-state index in [1.807, 2.05) is 26.1 Å². The second-order valence-electron chi connectivity index (χ2n) is 7.84. The number of nitrogens with one attached hydrogen (secondary N) is 1. The lowest BCUT2D eigenvalue weighted by Crippen LogP contribution is -2.45. The Bertz CT molecular complexity index is 769. The van der Waals surface area contributed by atoms with Gasteiger partial charge in [-0.25, -0.2) is 0 Å². The predicted octanol–water partition coefficient (Wildman–Crippen LogP) is 3.77. The summed E-state index contributed by atoms with van der Waals surface area (Å²) in [6.07, 6.45) is 5.96. The van der Waals surface area contributed by atoms with Gasteiger partial charge in [0.1, 0.15) is 0 Å². The van der Waals surface area contributed by atoms with Crippen LogP contribution in [0.4, 0.5) is 0 Å². The first-order chi connectivity index (χ1) is 11.9. The molecule has 4 heteroatoms. The molecule has 1 aromatic heterocycles. The summed E-state index contributed by atoms with van der Waals surface area (Å²) in [6, 6.07) is 8.65. The number of rotatable bonds is 4. The highest BCUT2D eigenvalue weighted by Crippen LogP contribution is 2.28. The van der Waals surface area contributed by atoms with Gasteiger partial charge in [-0.2, -0.15) is 0 Å². The molecule has 0 saturated carbocycles. The van der Waals surface area contributed by atoms with E-state index in [-0.39, 0.29) is 5.91 Å². The lowest BCUT2D eigenvalue weighted by Gasteiger charge is -2.33. The molecule has 1 N–H and O–H groups in total. The van der Waals surface area contributed by atoms with Crippen LogP contribution in [0.5, 0.6) is 0 Å². The fourth-order valence-electron chi connectivity index (χ4n) is 3.94. The standard InChI is InChI=1S/C21H29N3O/c1-15-8-7-10-18-17(15)11-12-22-20(18)21(2,3)23-19(25)14-16-9-5-6-13-24(16)4/h7-8,10-12,16H,5-6,9,13-14H2,1-4H3,(H,23,25)/t16-/m1/s1. The molecular weight excluding hydrogens is 310 g/mol. The maximum atomic E-state index is 12.7. The van der Waals surface area contributed by atoms with Crippen molar-refractivity contribution in [3.63, 3.8) is 0 Å². The highest BCUT2D eigenvalue weighted by molar-refractivity contribution is 5.88. The van der Waals surface area contributed by atoms with E-state index in [4.69, 9.17) is 0 Å². The Morgan fingerprint density at radius 3 is 2.84 bits per heavy atom. The van der Waals surface area contributed by atoms with Crippen LogP contribution in [-0.4, -0.2) is 35.4 Å². The van der Waals surface area contributed by atoms with Crippen LogP contribution in [0.25, 0.3) is 10.8 Å². The molecule has 0 unspecified atom stereocenters. The van der Waals surface area contributed by atoms with Crippen molar-refractivity contribution >= 4 is 16.7 Å². The molecule has 2 aromatic rings. The highest BCUT2D eigenvalue weighted by Gasteiger charge is 2.29. The van der Waals surface area contributed by atoms with Gasteiger partial charge in [0.05, 0.1) is 11.2 Å². The molecule has 2 heterocycles. The third-order valence-electron chi connectivity index (χ3n) is 5.41. The number of piperidine rings is 1. The minimum atomic E-state index is -0.502. The Balaban J connectivity index is 1.80. The summed E-state index contributed by atoms with van der Waals surface area (Å²) in [5.74, 6) is 0.107. The number of carbonyl (C=O) groups is 1. The van der Waals surface area contributed by atoms with E-state index >= 15 is 0 Å². The second kappa shape index (κ2) is 7.12. The summed E-state index contributed by atoms with van der Waals surface area (Å²) in [7, 11) is 2.12. The fourth-order valence-corrected chi connectivity index (χ4v) is 3.94. The second-order valence-corrected chi connectivity index (χ2v) is 7.84. The number of nitrogens with zero attached hydrogens (tertiary/aromatic N) is 2. The summed E-state index contributed by atoms with van der Waals surface area (Å²) >= 11 is 0. The minimum absolute atomic E-state index is 0.107. The molecule has 1 aliphatic heterocycles. The molecule has 3 rings (SSSR count). The van der Waals surface area contributed by atoms with Gasteiger partial charge >= 0.3 is 0 Å². The molecule has 0 radical (unpaired) electrons. The quantitative estimate of drug-likeness (QED) is 0.922. The molecule has 1 atom stereocenters. The molecule has 134 valence electrons. The van der Waals surface area contributed by atoms with Crippen molar-refractivity contribution in [2.45, 2.75) is 58.0 Å². The molecule has 0 aliphatic carbocycles.